The predicted octanol–water partition coefficient (Wildman–Crippen LogP) is 2.56. The monoisotopic (exact) mass is 282 g/mol. The minimum atomic E-state index is -0.660. The van der Waals surface area contributed by atoms with Crippen molar-refractivity contribution in [3.05, 3.63) is 65.2 Å². The standard InChI is InChI=1S/C17H18N2O2/c1-12-7-9-15(10-8-12)19-17(21)16(20)18-11-14-6-4-3-5-13(14)2/h3-10H,11H2,1-2H3,(H,18,20)(H,19,21). The number of benzene rings is 2. The Morgan fingerprint density at radius 1 is 0.905 bits per heavy atom. The van der Waals surface area contributed by atoms with Gasteiger partial charge in [0.15, 0.2) is 0 Å². The molecule has 2 amide bonds. The van der Waals surface area contributed by atoms with E-state index >= 15 is 0 Å². The SMILES string of the molecule is Cc1ccc(NC(=O)C(=O)NCc2ccccc2C)cc1. The highest BCUT2D eigenvalue weighted by Gasteiger charge is 2.13. The normalized spacial score (nSPS) is 10.0. The van der Waals surface area contributed by atoms with Gasteiger partial charge in [0.2, 0.25) is 0 Å². The summed E-state index contributed by atoms with van der Waals surface area (Å²) in [6.07, 6.45) is 0. The van der Waals surface area contributed by atoms with Crippen LogP contribution in [0.3, 0.4) is 0 Å². The van der Waals surface area contributed by atoms with E-state index in [2.05, 4.69) is 10.6 Å². The number of hydrogen-bond acceptors (Lipinski definition) is 2. The van der Waals surface area contributed by atoms with E-state index < -0.39 is 11.8 Å². The van der Waals surface area contributed by atoms with Crippen LogP contribution in [0.4, 0.5) is 5.69 Å². The third-order valence-electron chi connectivity index (χ3n) is 3.22. The van der Waals surface area contributed by atoms with Crippen molar-refractivity contribution in [2.45, 2.75) is 20.4 Å². The second-order valence-corrected chi connectivity index (χ2v) is 4.93. The summed E-state index contributed by atoms with van der Waals surface area (Å²) in [5.74, 6) is -1.30. The minimum Gasteiger partial charge on any atom is -0.344 e. The largest absolute Gasteiger partial charge is 0.344 e. The molecule has 0 saturated carbocycles. The Balaban J connectivity index is 1.90. The molecule has 0 heterocycles. The van der Waals surface area contributed by atoms with Crippen molar-refractivity contribution in [2.75, 3.05) is 5.32 Å². The number of rotatable bonds is 3. The summed E-state index contributed by atoms with van der Waals surface area (Å²) in [4.78, 5) is 23.6. The van der Waals surface area contributed by atoms with Crippen LogP contribution < -0.4 is 10.6 Å². The first-order valence-corrected chi connectivity index (χ1v) is 6.76. The van der Waals surface area contributed by atoms with Gasteiger partial charge in [-0.1, -0.05) is 42.0 Å². The molecule has 2 aromatic carbocycles. The van der Waals surface area contributed by atoms with E-state index in [1.165, 1.54) is 0 Å². The lowest BCUT2D eigenvalue weighted by Crippen LogP contribution is -2.35. The van der Waals surface area contributed by atoms with Crippen LogP contribution in [0.1, 0.15) is 16.7 Å². The van der Waals surface area contributed by atoms with Gasteiger partial charge in [0.05, 0.1) is 0 Å². The van der Waals surface area contributed by atoms with Crippen LogP contribution in [-0.4, -0.2) is 11.8 Å². The fourth-order valence-corrected chi connectivity index (χ4v) is 1.89. The van der Waals surface area contributed by atoms with E-state index in [-0.39, 0.29) is 0 Å². The maximum Gasteiger partial charge on any atom is 0.313 e. The lowest BCUT2D eigenvalue weighted by atomic mass is 10.1. The summed E-state index contributed by atoms with van der Waals surface area (Å²) in [6.45, 7) is 4.27. The van der Waals surface area contributed by atoms with Crippen molar-refractivity contribution in [1.29, 1.82) is 0 Å². The molecule has 0 bridgehead atoms. The van der Waals surface area contributed by atoms with Crippen LogP contribution in [0.15, 0.2) is 48.5 Å². The topological polar surface area (TPSA) is 58.2 Å². The molecule has 0 aliphatic heterocycles. The molecule has 2 rings (SSSR count). The van der Waals surface area contributed by atoms with E-state index in [0.717, 1.165) is 16.7 Å². The van der Waals surface area contributed by atoms with E-state index in [9.17, 15) is 9.59 Å². The van der Waals surface area contributed by atoms with Gasteiger partial charge in [0.25, 0.3) is 0 Å². The molecule has 0 unspecified atom stereocenters. The third-order valence-corrected chi connectivity index (χ3v) is 3.22. The Morgan fingerprint density at radius 2 is 1.57 bits per heavy atom. The van der Waals surface area contributed by atoms with E-state index in [1.807, 2.05) is 50.2 Å². The zero-order chi connectivity index (χ0) is 15.2. The number of carbonyl (C=O) groups is 2. The molecular weight excluding hydrogens is 264 g/mol. The fourth-order valence-electron chi connectivity index (χ4n) is 1.89. The van der Waals surface area contributed by atoms with E-state index in [1.54, 1.807) is 12.1 Å². The van der Waals surface area contributed by atoms with Gasteiger partial charge < -0.3 is 10.6 Å². The highest BCUT2D eigenvalue weighted by Crippen LogP contribution is 2.09. The Hall–Kier alpha value is -2.62. The molecular formula is C17H18N2O2. The molecule has 0 radical (unpaired) electrons. The Labute approximate surface area is 124 Å². The number of carbonyl (C=O) groups excluding carboxylic acids is 2. The number of amides is 2. The molecule has 0 fully saturated rings. The first kappa shape index (κ1) is 14.8. The molecule has 0 aliphatic rings. The Kier molecular flexibility index (Phi) is 4.72. The van der Waals surface area contributed by atoms with Crippen molar-refractivity contribution in [3.8, 4) is 0 Å². The van der Waals surface area contributed by atoms with Gasteiger partial charge in [-0.05, 0) is 37.1 Å². The van der Waals surface area contributed by atoms with Crippen LogP contribution in [0, 0.1) is 13.8 Å². The summed E-state index contributed by atoms with van der Waals surface area (Å²) >= 11 is 0. The molecule has 0 saturated heterocycles. The average Bonchev–Trinajstić information content (AvgIpc) is 2.48. The van der Waals surface area contributed by atoms with Gasteiger partial charge in [0.1, 0.15) is 0 Å². The zero-order valence-corrected chi connectivity index (χ0v) is 12.1. The highest BCUT2D eigenvalue weighted by molar-refractivity contribution is 6.39. The van der Waals surface area contributed by atoms with Crippen LogP contribution >= 0.6 is 0 Å². The maximum absolute atomic E-state index is 11.8. The van der Waals surface area contributed by atoms with Crippen molar-refractivity contribution in [1.82, 2.24) is 5.32 Å². The highest BCUT2D eigenvalue weighted by atomic mass is 16.2. The smallest absolute Gasteiger partial charge is 0.313 e. The molecule has 4 nitrogen and oxygen atoms in total. The van der Waals surface area contributed by atoms with Gasteiger partial charge >= 0.3 is 11.8 Å². The molecule has 0 aromatic heterocycles. The van der Waals surface area contributed by atoms with Gasteiger partial charge in [-0.2, -0.15) is 0 Å². The summed E-state index contributed by atoms with van der Waals surface area (Å²) < 4.78 is 0. The molecule has 2 aromatic rings. The summed E-state index contributed by atoms with van der Waals surface area (Å²) in [7, 11) is 0. The quantitative estimate of drug-likeness (QED) is 0.850. The predicted molar refractivity (Wildman–Crippen MR) is 82.8 cm³/mol. The van der Waals surface area contributed by atoms with E-state index in [0.29, 0.717) is 12.2 Å². The molecule has 0 aliphatic carbocycles. The van der Waals surface area contributed by atoms with Gasteiger partial charge in [-0.15, -0.1) is 0 Å². The molecule has 0 spiro atoms. The maximum atomic E-state index is 11.8. The van der Waals surface area contributed by atoms with Crippen molar-refractivity contribution in [3.63, 3.8) is 0 Å². The number of hydrogen-bond donors (Lipinski definition) is 2. The van der Waals surface area contributed by atoms with Crippen molar-refractivity contribution in [2.24, 2.45) is 0 Å². The lowest BCUT2D eigenvalue weighted by molar-refractivity contribution is -0.136. The van der Waals surface area contributed by atoms with Crippen LogP contribution in [0.5, 0.6) is 0 Å². The second kappa shape index (κ2) is 6.70. The summed E-state index contributed by atoms with van der Waals surface area (Å²) in [5.41, 5.74) is 3.78. The van der Waals surface area contributed by atoms with E-state index in [4.69, 9.17) is 0 Å². The number of nitrogens with one attached hydrogen (secondary N) is 2. The summed E-state index contributed by atoms with van der Waals surface area (Å²) in [5, 5.41) is 5.19. The second-order valence-electron chi connectivity index (χ2n) is 4.93. The molecule has 108 valence electrons. The minimum absolute atomic E-state index is 0.340. The van der Waals surface area contributed by atoms with Gasteiger partial charge in [-0.25, -0.2) is 0 Å². The molecule has 4 heteroatoms. The summed E-state index contributed by atoms with van der Waals surface area (Å²) in [6, 6.07) is 15.0. The van der Waals surface area contributed by atoms with Crippen LogP contribution in [0.2, 0.25) is 0 Å². The van der Waals surface area contributed by atoms with Crippen molar-refractivity contribution < 1.29 is 9.59 Å². The third kappa shape index (κ3) is 4.18. The number of anilines is 1. The average molecular weight is 282 g/mol. The number of aryl methyl sites for hydroxylation is 2. The van der Waals surface area contributed by atoms with Crippen molar-refractivity contribution >= 4 is 17.5 Å². The lowest BCUT2D eigenvalue weighted by Gasteiger charge is -2.08. The molecule has 21 heavy (non-hydrogen) atoms. The molecule has 2 N–H and O–H groups in total. The zero-order valence-electron chi connectivity index (χ0n) is 12.1. The fraction of sp³-hybridized carbons (Fsp3) is 0.176. The van der Waals surface area contributed by atoms with Crippen LogP contribution in [-0.2, 0) is 16.1 Å². The molecule has 0 atom stereocenters. The Bertz CT molecular complexity index is 648. The first-order valence-electron chi connectivity index (χ1n) is 6.76. The first-order chi connectivity index (χ1) is 10.1. The van der Waals surface area contributed by atoms with Gasteiger partial charge in [-0.3, -0.25) is 9.59 Å². The Morgan fingerprint density at radius 3 is 2.24 bits per heavy atom. The van der Waals surface area contributed by atoms with Crippen LogP contribution in [0.25, 0.3) is 0 Å². The van der Waals surface area contributed by atoms with Gasteiger partial charge in [0, 0.05) is 12.2 Å².